The molecule has 3 nitrogen and oxygen atoms in total. The van der Waals surface area contributed by atoms with Crippen molar-refractivity contribution < 1.29 is 9.69 Å². The summed E-state index contributed by atoms with van der Waals surface area (Å²) < 4.78 is 0. The summed E-state index contributed by atoms with van der Waals surface area (Å²) in [5.41, 5.74) is 5.80. The van der Waals surface area contributed by atoms with E-state index in [1.807, 2.05) is 36.4 Å². The molecule has 4 heteroatoms. The first kappa shape index (κ1) is 18.7. The molecule has 3 aromatic rings. The lowest BCUT2D eigenvalue weighted by atomic mass is 9.99. The minimum absolute atomic E-state index is 0.0780. The molecule has 1 heterocycles. The van der Waals surface area contributed by atoms with Crippen LogP contribution in [0.15, 0.2) is 72.8 Å². The summed E-state index contributed by atoms with van der Waals surface area (Å²) in [5.74, 6) is -0.0780. The molecule has 0 spiro atoms. The van der Waals surface area contributed by atoms with Crippen molar-refractivity contribution in [3.8, 4) is 0 Å². The number of rotatable bonds is 5. The Bertz CT molecular complexity index is 968. The maximum Gasteiger partial charge on any atom is 0.251 e. The Morgan fingerprint density at radius 1 is 0.929 bits per heavy atom. The topological polar surface area (TPSA) is 33.5 Å². The summed E-state index contributed by atoms with van der Waals surface area (Å²) >= 11 is 6.15. The molecule has 0 fully saturated rings. The van der Waals surface area contributed by atoms with Crippen LogP contribution >= 0.6 is 11.6 Å². The highest BCUT2D eigenvalue weighted by atomic mass is 35.5. The molecule has 28 heavy (non-hydrogen) atoms. The zero-order valence-corrected chi connectivity index (χ0v) is 16.5. The molecule has 0 bridgehead atoms. The Morgan fingerprint density at radius 3 is 2.43 bits per heavy atom. The Balaban J connectivity index is 1.34. The predicted octanol–water partition coefficient (Wildman–Crippen LogP) is 3.41. The number of amides is 1. The average Bonchev–Trinajstić information content (AvgIpc) is 2.73. The zero-order valence-electron chi connectivity index (χ0n) is 15.7. The summed E-state index contributed by atoms with van der Waals surface area (Å²) in [7, 11) is 0. The van der Waals surface area contributed by atoms with Crippen molar-refractivity contribution in [2.75, 3.05) is 6.54 Å². The Morgan fingerprint density at radius 2 is 1.64 bits per heavy atom. The van der Waals surface area contributed by atoms with Crippen molar-refractivity contribution in [2.45, 2.75) is 26.1 Å². The Hall–Kier alpha value is -2.62. The largest absolute Gasteiger partial charge is 0.348 e. The molecule has 2 N–H and O–H groups in total. The summed E-state index contributed by atoms with van der Waals surface area (Å²) in [6.07, 6.45) is 1.13. The first-order valence-electron chi connectivity index (χ1n) is 9.70. The molecule has 0 saturated carbocycles. The van der Waals surface area contributed by atoms with Gasteiger partial charge in [-0.15, -0.1) is 0 Å². The Kier molecular flexibility index (Phi) is 5.75. The van der Waals surface area contributed by atoms with E-state index in [9.17, 15) is 4.79 Å². The second-order valence-corrected chi connectivity index (χ2v) is 7.75. The fourth-order valence-corrected chi connectivity index (χ4v) is 3.98. The lowest BCUT2D eigenvalue weighted by Crippen LogP contribution is -3.10. The SMILES string of the molecule is O=C(NCc1ccccc1Cl)c1ccc(C[NH+]2CCc3ccccc3C2)cc1. The highest BCUT2D eigenvalue weighted by Crippen LogP contribution is 2.15. The number of nitrogens with one attached hydrogen (secondary N) is 2. The van der Waals surface area contributed by atoms with Crippen molar-refractivity contribution >= 4 is 17.5 Å². The summed E-state index contributed by atoms with van der Waals surface area (Å²) in [6, 6.07) is 24.2. The van der Waals surface area contributed by atoms with E-state index < -0.39 is 0 Å². The summed E-state index contributed by atoms with van der Waals surface area (Å²) in [4.78, 5) is 14.0. The molecule has 0 aromatic heterocycles. The molecular weight excluding hydrogens is 368 g/mol. The van der Waals surface area contributed by atoms with Gasteiger partial charge in [-0.2, -0.15) is 0 Å². The number of carbonyl (C=O) groups is 1. The maximum atomic E-state index is 12.4. The monoisotopic (exact) mass is 391 g/mol. The number of fused-ring (bicyclic) bond motifs is 1. The van der Waals surface area contributed by atoms with Crippen LogP contribution in [0.3, 0.4) is 0 Å². The molecular formula is C24H24ClN2O+. The van der Waals surface area contributed by atoms with Crippen LogP contribution in [0.2, 0.25) is 5.02 Å². The van der Waals surface area contributed by atoms with E-state index in [1.165, 1.54) is 16.7 Å². The van der Waals surface area contributed by atoms with Crippen molar-refractivity contribution in [3.63, 3.8) is 0 Å². The molecule has 142 valence electrons. The molecule has 1 amide bonds. The van der Waals surface area contributed by atoms with Gasteiger partial charge in [0.15, 0.2) is 0 Å². The second-order valence-electron chi connectivity index (χ2n) is 7.34. The van der Waals surface area contributed by atoms with Gasteiger partial charge in [0.2, 0.25) is 0 Å². The quantitative estimate of drug-likeness (QED) is 0.686. The lowest BCUT2D eigenvalue weighted by molar-refractivity contribution is -0.929. The fraction of sp³-hybridized carbons (Fsp3) is 0.208. The highest BCUT2D eigenvalue weighted by Gasteiger charge is 2.19. The van der Waals surface area contributed by atoms with Crippen molar-refractivity contribution in [1.82, 2.24) is 5.32 Å². The third-order valence-corrected chi connectivity index (χ3v) is 5.74. The molecule has 1 atom stereocenters. The molecule has 1 aliphatic heterocycles. The lowest BCUT2D eigenvalue weighted by Gasteiger charge is -2.26. The number of quaternary nitrogens is 1. The van der Waals surface area contributed by atoms with E-state index >= 15 is 0 Å². The van der Waals surface area contributed by atoms with Gasteiger partial charge in [-0.1, -0.05) is 66.2 Å². The first-order valence-corrected chi connectivity index (χ1v) is 10.1. The van der Waals surface area contributed by atoms with Gasteiger partial charge in [0.05, 0.1) is 6.54 Å². The Labute approximate surface area is 171 Å². The van der Waals surface area contributed by atoms with Gasteiger partial charge in [-0.25, -0.2) is 0 Å². The maximum absolute atomic E-state index is 12.4. The van der Waals surface area contributed by atoms with Gasteiger partial charge in [-0.05, 0) is 29.3 Å². The van der Waals surface area contributed by atoms with E-state index in [0.717, 1.165) is 31.6 Å². The van der Waals surface area contributed by atoms with Crippen LogP contribution in [-0.2, 0) is 26.1 Å². The molecule has 0 aliphatic carbocycles. The number of benzene rings is 3. The standard InChI is InChI=1S/C24H23ClN2O/c25-23-8-4-3-6-21(23)15-26-24(28)20-11-9-18(10-12-20)16-27-14-13-19-5-1-2-7-22(19)17-27/h1-12H,13-17H2,(H,26,28)/p+1. The van der Waals surface area contributed by atoms with Crippen LogP contribution in [0.5, 0.6) is 0 Å². The highest BCUT2D eigenvalue weighted by molar-refractivity contribution is 6.31. The van der Waals surface area contributed by atoms with Gasteiger partial charge >= 0.3 is 0 Å². The number of hydrogen-bond acceptors (Lipinski definition) is 1. The fourth-order valence-electron chi connectivity index (χ4n) is 3.78. The minimum Gasteiger partial charge on any atom is -0.348 e. The summed E-state index contributed by atoms with van der Waals surface area (Å²) in [6.45, 7) is 3.63. The van der Waals surface area contributed by atoms with Crippen LogP contribution in [0, 0.1) is 0 Å². The molecule has 0 saturated heterocycles. The molecule has 4 rings (SSSR count). The van der Waals surface area contributed by atoms with E-state index in [2.05, 4.69) is 41.7 Å². The van der Waals surface area contributed by atoms with Gasteiger partial charge in [0, 0.05) is 34.7 Å². The van der Waals surface area contributed by atoms with Gasteiger partial charge in [0.25, 0.3) is 5.91 Å². The van der Waals surface area contributed by atoms with Crippen LogP contribution < -0.4 is 10.2 Å². The third kappa shape index (κ3) is 4.44. The van der Waals surface area contributed by atoms with Crippen molar-refractivity contribution in [1.29, 1.82) is 0 Å². The van der Waals surface area contributed by atoms with Crippen LogP contribution in [0.1, 0.15) is 32.6 Å². The number of carbonyl (C=O) groups excluding carboxylic acids is 1. The number of halogens is 1. The van der Waals surface area contributed by atoms with Crippen LogP contribution in [0.4, 0.5) is 0 Å². The van der Waals surface area contributed by atoms with Gasteiger partial charge in [-0.3, -0.25) is 4.79 Å². The van der Waals surface area contributed by atoms with E-state index in [0.29, 0.717) is 17.1 Å². The van der Waals surface area contributed by atoms with Gasteiger partial charge in [0.1, 0.15) is 13.1 Å². The first-order chi connectivity index (χ1) is 13.7. The summed E-state index contributed by atoms with van der Waals surface area (Å²) in [5, 5.41) is 3.61. The van der Waals surface area contributed by atoms with Crippen molar-refractivity contribution in [3.05, 3.63) is 106 Å². The van der Waals surface area contributed by atoms with Crippen molar-refractivity contribution in [2.24, 2.45) is 0 Å². The predicted molar refractivity (Wildman–Crippen MR) is 112 cm³/mol. The second kappa shape index (κ2) is 8.59. The average molecular weight is 392 g/mol. The molecule has 3 aromatic carbocycles. The van der Waals surface area contributed by atoms with E-state index in [4.69, 9.17) is 11.6 Å². The number of hydrogen-bond donors (Lipinski definition) is 2. The van der Waals surface area contributed by atoms with E-state index in [1.54, 1.807) is 4.90 Å². The zero-order chi connectivity index (χ0) is 19.3. The van der Waals surface area contributed by atoms with E-state index in [-0.39, 0.29) is 5.91 Å². The normalized spacial score (nSPS) is 15.7. The molecule has 0 radical (unpaired) electrons. The smallest absolute Gasteiger partial charge is 0.251 e. The molecule has 1 aliphatic rings. The third-order valence-electron chi connectivity index (χ3n) is 5.37. The minimum atomic E-state index is -0.0780. The van der Waals surface area contributed by atoms with Gasteiger partial charge < -0.3 is 10.2 Å². The van der Waals surface area contributed by atoms with Crippen LogP contribution in [0.25, 0.3) is 0 Å². The van der Waals surface area contributed by atoms with Crippen LogP contribution in [-0.4, -0.2) is 12.5 Å². The molecule has 1 unspecified atom stereocenters.